The molecule has 0 amide bonds. The predicted molar refractivity (Wildman–Crippen MR) is 319 cm³/mol. The average Bonchev–Trinajstić information content (AvgIpc) is 3.48. The van der Waals surface area contributed by atoms with Crippen molar-refractivity contribution in [3.05, 3.63) is 279 Å². The van der Waals surface area contributed by atoms with Crippen molar-refractivity contribution in [1.82, 2.24) is 0 Å². The van der Waals surface area contributed by atoms with Crippen LogP contribution in [0.25, 0.3) is 153 Å². The molecule has 0 radical (unpaired) electrons. The predicted octanol–water partition coefficient (Wildman–Crippen LogP) is 20.9. The lowest BCUT2D eigenvalue weighted by atomic mass is 9.83. The number of hydrogen-bond acceptors (Lipinski definition) is 0. The monoisotopic (exact) mass is 934 g/mol. The van der Waals surface area contributed by atoms with Crippen molar-refractivity contribution in [3.63, 3.8) is 0 Å². The SMILES string of the molecule is c1ccc(-c2c3ccccc3c(-c3ccc(-c4c5ccccc5c(-c5ccc(-c6ccc(-c7c8ccccc8cc8cc9ccccc9cc78)cc6)cc5)c5cc6ccccc6cc45)cc3)c3ccccc23)cc1. The summed E-state index contributed by atoms with van der Waals surface area (Å²) < 4.78 is 0. The van der Waals surface area contributed by atoms with Crippen LogP contribution in [0.5, 0.6) is 0 Å². The van der Waals surface area contributed by atoms with E-state index in [0.717, 1.165) is 0 Å². The molecule has 0 bridgehead atoms. The normalized spacial score (nSPS) is 11.8. The Morgan fingerprint density at radius 1 is 0.122 bits per heavy atom. The topological polar surface area (TPSA) is 0 Å². The van der Waals surface area contributed by atoms with Gasteiger partial charge in [-0.2, -0.15) is 0 Å². The smallest absolute Gasteiger partial charge is 0.00261 e. The molecule has 0 saturated carbocycles. The van der Waals surface area contributed by atoms with E-state index in [2.05, 4.69) is 279 Å². The second kappa shape index (κ2) is 17.0. The first-order valence-corrected chi connectivity index (χ1v) is 25.7. The lowest BCUT2D eigenvalue weighted by Crippen LogP contribution is -1.93. The van der Waals surface area contributed by atoms with Gasteiger partial charge in [-0.3, -0.25) is 0 Å². The van der Waals surface area contributed by atoms with Crippen molar-refractivity contribution >= 4 is 86.2 Å². The molecule has 0 aliphatic carbocycles. The molecule has 0 aliphatic rings. The van der Waals surface area contributed by atoms with Gasteiger partial charge in [-0.1, -0.05) is 249 Å². The van der Waals surface area contributed by atoms with Gasteiger partial charge in [-0.15, -0.1) is 0 Å². The van der Waals surface area contributed by atoms with Crippen LogP contribution in [0.2, 0.25) is 0 Å². The van der Waals surface area contributed by atoms with Gasteiger partial charge in [0.25, 0.3) is 0 Å². The molecular formula is C74H46. The summed E-state index contributed by atoms with van der Waals surface area (Å²) in [6, 6.07) is 104. The molecule has 342 valence electrons. The van der Waals surface area contributed by atoms with Crippen LogP contribution in [-0.2, 0) is 0 Å². The first kappa shape index (κ1) is 42.1. The van der Waals surface area contributed by atoms with Gasteiger partial charge in [-0.05, 0) is 183 Å². The van der Waals surface area contributed by atoms with Crippen LogP contribution in [0.15, 0.2) is 279 Å². The maximum Gasteiger partial charge on any atom is -0.00261 e. The fourth-order valence-electron chi connectivity index (χ4n) is 12.4. The van der Waals surface area contributed by atoms with Crippen LogP contribution in [0, 0.1) is 0 Å². The Bertz CT molecular complexity index is 4650. The first-order valence-electron chi connectivity index (χ1n) is 25.7. The lowest BCUT2D eigenvalue weighted by molar-refractivity contribution is 1.60. The maximum atomic E-state index is 2.42. The third kappa shape index (κ3) is 6.77. The molecule has 0 aliphatic heterocycles. The third-order valence-electron chi connectivity index (χ3n) is 15.8. The molecule has 15 rings (SSSR count). The zero-order chi connectivity index (χ0) is 48.7. The van der Waals surface area contributed by atoms with Gasteiger partial charge < -0.3 is 0 Å². The summed E-state index contributed by atoms with van der Waals surface area (Å²) in [4.78, 5) is 0. The van der Waals surface area contributed by atoms with Crippen molar-refractivity contribution in [2.75, 3.05) is 0 Å². The van der Waals surface area contributed by atoms with Crippen LogP contribution in [0.3, 0.4) is 0 Å². The fraction of sp³-hybridized carbons (Fsp3) is 0. The Morgan fingerprint density at radius 3 is 0.757 bits per heavy atom. The highest BCUT2D eigenvalue weighted by atomic mass is 14.2. The van der Waals surface area contributed by atoms with Crippen molar-refractivity contribution in [1.29, 1.82) is 0 Å². The summed E-state index contributed by atoms with van der Waals surface area (Å²) in [5.74, 6) is 0. The van der Waals surface area contributed by atoms with Gasteiger partial charge in [0.2, 0.25) is 0 Å². The van der Waals surface area contributed by atoms with Gasteiger partial charge in [0.15, 0.2) is 0 Å². The van der Waals surface area contributed by atoms with Crippen LogP contribution < -0.4 is 0 Å². The summed E-state index contributed by atoms with van der Waals surface area (Å²) >= 11 is 0. The van der Waals surface area contributed by atoms with E-state index in [-0.39, 0.29) is 0 Å². The minimum absolute atomic E-state index is 1.19. The van der Waals surface area contributed by atoms with Gasteiger partial charge in [0.05, 0.1) is 0 Å². The Hall–Kier alpha value is -9.62. The average molecular weight is 935 g/mol. The summed E-state index contributed by atoms with van der Waals surface area (Å²) in [5, 5.41) is 20.1. The fourth-order valence-corrected chi connectivity index (χ4v) is 12.4. The molecule has 15 aromatic rings. The van der Waals surface area contributed by atoms with Crippen LogP contribution >= 0.6 is 0 Å². The molecule has 0 unspecified atom stereocenters. The Morgan fingerprint density at radius 2 is 0.365 bits per heavy atom. The zero-order valence-electron chi connectivity index (χ0n) is 40.6. The van der Waals surface area contributed by atoms with Gasteiger partial charge in [0, 0.05) is 0 Å². The molecule has 0 nitrogen and oxygen atoms in total. The zero-order valence-corrected chi connectivity index (χ0v) is 40.6. The van der Waals surface area contributed by atoms with E-state index in [1.807, 2.05) is 0 Å². The van der Waals surface area contributed by atoms with Gasteiger partial charge in [0.1, 0.15) is 0 Å². The van der Waals surface area contributed by atoms with Gasteiger partial charge >= 0.3 is 0 Å². The van der Waals surface area contributed by atoms with E-state index in [9.17, 15) is 0 Å². The summed E-state index contributed by atoms with van der Waals surface area (Å²) in [7, 11) is 0. The molecule has 15 aromatic carbocycles. The Kier molecular flexibility index (Phi) is 9.68. The molecule has 74 heavy (non-hydrogen) atoms. The van der Waals surface area contributed by atoms with Crippen molar-refractivity contribution in [3.8, 4) is 66.8 Å². The number of fused-ring (bicyclic) bond motifs is 8. The molecule has 0 N–H and O–H groups in total. The summed E-state index contributed by atoms with van der Waals surface area (Å²) in [6.07, 6.45) is 0. The highest BCUT2D eigenvalue weighted by molar-refractivity contribution is 6.25. The van der Waals surface area contributed by atoms with E-state index in [0.29, 0.717) is 0 Å². The van der Waals surface area contributed by atoms with Crippen LogP contribution in [-0.4, -0.2) is 0 Å². The van der Waals surface area contributed by atoms with E-state index in [1.165, 1.54) is 153 Å². The molecule has 0 saturated heterocycles. The molecule has 0 atom stereocenters. The second-order valence-electron chi connectivity index (χ2n) is 19.9. The molecular weight excluding hydrogens is 889 g/mol. The largest absolute Gasteiger partial charge is 0.0622 e. The van der Waals surface area contributed by atoms with Gasteiger partial charge in [-0.25, -0.2) is 0 Å². The highest BCUT2D eigenvalue weighted by Gasteiger charge is 2.21. The highest BCUT2D eigenvalue weighted by Crippen LogP contribution is 2.48. The van der Waals surface area contributed by atoms with E-state index < -0.39 is 0 Å². The first-order chi connectivity index (χ1) is 36.7. The van der Waals surface area contributed by atoms with Crippen molar-refractivity contribution in [2.24, 2.45) is 0 Å². The molecule has 0 aromatic heterocycles. The Balaban J connectivity index is 0.847. The maximum absolute atomic E-state index is 2.42. The number of hydrogen-bond donors (Lipinski definition) is 0. The summed E-state index contributed by atoms with van der Waals surface area (Å²) in [6.45, 7) is 0. The van der Waals surface area contributed by atoms with Crippen LogP contribution in [0.1, 0.15) is 0 Å². The van der Waals surface area contributed by atoms with Crippen molar-refractivity contribution < 1.29 is 0 Å². The van der Waals surface area contributed by atoms with E-state index >= 15 is 0 Å². The molecule has 0 fully saturated rings. The molecule has 0 heterocycles. The molecule has 0 spiro atoms. The minimum atomic E-state index is 1.19. The number of rotatable bonds is 6. The molecule has 0 heteroatoms. The number of benzene rings is 15. The van der Waals surface area contributed by atoms with Crippen molar-refractivity contribution in [2.45, 2.75) is 0 Å². The lowest BCUT2D eigenvalue weighted by Gasteiger charge is -2.20. The van der Waals surface area contributed by atoms with Crippen LogP contribution in [0.4, 0.5) is 0 Å². The standard InChI is InChI=1S/C74H46/c1-2-16-49(17-3-1)71-61-24-10-12-26-63(61)72(64-27-13-11-25-62(64)71)51-38-40-53(41-39-51)74-66-29-15-14-28-65(66)73(68-45-56-20-6-7-21-57(56)46-69(68)74)52-36-32-48(33-37-52)47-30-34-50(35-31-47)70-60-23-9-8-22-58(60)43-59-42-54-18-4-5-19-55(54)44-67(59)70/h1-46H. The van der Waals surface area contributed by atoms with E-state index in [1.54, 1.807) is 0 Å². The quantitative estimate of drug-likeness (QED) is 0.146. The van der Waals surface area contributed by atoms with E-state index in [4.69, 9.17) is 0 Å². The third-order valence-corrected chi connectivity index (χ3v) is 15.8. The minimum Gasteiger partial charge on any atom is -0.0622 e. The Labute approximate surface area is 429 Å². The summed E-state index contributed by atoms with van der Waals surface area (Å²) in [5.41, 5.74) is 14.8. The second-order valence-corrected chi connectivity index (χ2v) is 19.9.